The number of carbonyl (C=O) groups excluding carboxylic acids is 2. The molecule has 6 nitrogen and oxygen atoms in total. The number of rotatable bonds is 7. The van der Waals surface area contributed by atoms with Crippen molar-refractivity contribution in [1.29, 1.82) is 0 Å². The molecule has 0 aliphatic carbocycles. The lowest BCUT2D eigenvalue weighted by Gasteiger charge is -2.41. The number of aryl methyl sites for hydroxylation is 2. The molecular weight excluding hydrogens is 397 g/mol. The SMILES string of the molecule is CCOC(=O)C1(Cc2ccc(F)cc2)CCCN(C(=O)CCc2c(C)nn(C)c2C)C1. The predicted molar refractivity (Wildman–Crippen MR) is 116 cm³/mol. The molecule has 168 valence electrons. The molecule has 1 saturated heterocycles. The molecule has 0 N–H and O–H groups in total. The van der Waals surface area contributed by atoms with Gasteiger partial charge in [-0.2, -0.15) is 5.10 Å². The van der Waals surface area contributed by atoms with Crippen LogP contribution in [-0.4, -0.2) is 46.3 Å². The van der Waals surface area contributed by atoms with Crippen LogP contribution >= 0.6 is 0 Å². The third kappa shape index (κ3) is 5.14. The first-order valence-electron chi connectivity index (χ1n) is 10.9. The van der Waals surface area contributed by atoms with E-state index < -0.39 is 5.41 Å². The lowest BCUT2D eigenvalue weighted by Crippen LogP contribution is -2.51. The molecule has 1 unspecified atom stereocenters. The van der Waals surface area contributed by atoms with E-state index in [2.05, 4.69) is 5.10 Å². The van der Waals surface area contributed by atoms with Gasteiger partial charge in [0.25, 0.3) is 0 Å². The number of hydrogen-bond acceptors (Lipinski definition) is 4. The van der Waals surface area contributed by atoms with Crippen LogP contribution in [0.25, 0.3) is 0 Å². The van der Waals surface area contributed by atoms with Crippen molar-refractivity contribution in [1.82, 2.24) is 14.7 Å². The van der Waals surface area contributed by atoms with Gasteiger partial charge in [-0.1, -0.05) is 12.1 Å². The molecule has 0 radical (unpaired) electrons. The topological polar surface area (TPSA) is 64.4 Å². The maximum absolute atomic E-state index is 13.3. The normalized spacial score (nSPS) is 18.8. The average molecular weight is 430 g/mol. The lowest BCUT2D eigenvalue weighted by atomic mass is 9.75. The minimum absolute atomic E-state index is 0.0372. The summed E-state index contributed by atoms with van der Waals surface area (Å²) in [5.74, 6) is -0.554. The number of nitrogens with zero attached hydrogens (tertiary/aromatic N) is 3. The molecule has 1 aromatic carbocycles. The summed E-state index contributed by atoms with van der Waals surface area (Å²) in [6.07, 6.45) is 2.81. The Morgan fingerprint density at radius 1 is 1.23 bits per heavy atom. The van der Waals surface area contributed by atoms with Crippen LogP contribution in [0.15, 0.2) is 24.3 Å². The van der Waals surface area contributed by atoms with Crippen LogP contribution in [0, 0.1) is 25.1 Å². The second kappa shape index (κ2) is 9.62. The maximum Gasteiger partial charge on any atom is 0.314 e. The van der Waals surface area contributed by atoms with E-state index >= 15 is 0 Å². The molecule has 1 amide bonds. The number of carbonyl (C=O) groups is 2. The van der Waals surface area contributed by atoms with Crippen molar-refractivity contribution >= 4 is 11.9 Å². The molecule has 0 spiro atoms. The van der Waals surface area contributed by atoms with Gasteiger partial charge >= 0.3 is 5.97 Å². The molecule has 31 heavy (non-hydrogen) atoms. The first kappa shape index (κ1) is 23.0. The number of likely N-dealkylation sites (tertiary alicyclic amines) is 1. The Balaban J connectivity index is 1.75. The van der Waals surface area contributed by atoms with Crippen LogP contribution in [0.5, 0.6) is 0 Å². The molecule has 2 heterocycles. The zero-order valence-electron chi connectivity index (χ0n) is 18.9. The molecule has 1 aliphatic rings. The third-order valence-corrected chi connectivity index (χ3v) is 6.34. The summed E-state index contributed by atoms with van der Waals surface area (Å²) in [5, 5.41) is 4.42. The van der Waals surface area contributed by atoms with E-state index in [4.69, 9.17) is 4.74 Å². The van der Waals surface area contributed by atoms with Crippen molar-refractivity contribution < 1.29 is 18.7 Å². The van der Waals surface area contributed by atoms with Gasteiger partial charge in [-0.05, 0) is 69.7 Å². The van der Waals surface area contributed by atoms with E-state index in [1.54, 1.807) is 24.0 Å². The highest BCUT2D eigenvalue weighted by atomic mass is 19.1. The number of halogens is 1. The van der Waals surface area contributed by atoms with Gasteiger partial charge < -0.3 is 9.64 Å². The standard InChI is InChI=1S/C24H32FN3O3/c1-5-31-23(30)24(15-19-7-9-20(25)10-8-19)13-6-14-28(16-24)22(29)12-11-21-17(2)26-27(4)18(21)3/h7-10H,5-6,11-16H2,1-4H3. The van der Waals surface area contributed by atoms with E-state index in [1.807, 2.05) is 25.6 Å². The van der Waals surface area contributed by atoms with Crippen molar-refractivity contribution in [2.75, 3.05) is 19.7 Å². The molecule has 3 rings (SSSR count). The van der Waals surface area contributed by atoms with Crippen molar-refractivity contribution in [3.63, 3.8) is 0 Å². The van der Waals surface area contributed by atoms with Crippen LogP contribution in [0.2, 0.25) is 0 Å². The molecular formula is C24H32FN3O3. The Kier molecular flexibility index (Phi) is 7.13. The van der Waals surface area contributed by atoms with Gasteiger partial charge in [0.1, 0.15) is 5.82 Å². The summed E-state index contributed by atoms with van der Waals surface area (Å²) in [4.78, 5) is 27.8. The summed E-state index contributed by atoms with van der Waals surface area (Å²) in [5.41, 5.74) is 3.19. The van der Waals surface area contributed by atoms with E-state index in [0.29, 0.717) is 38.8 Å². The molecule has 7 heteroatoms. The first-order chi connectivity index (χ1) is 14.8. The Hall–Kier alpha value is -2.70. The van der Waals surface area contributed by atoms with Gasteiger partial charge in [0, 0.05) is 32.3 Å². The highest BCUT2D eigenvalue weighted by Gasteiger charge is 2.44. The second-order valence-corrected chi connectivity index (χ2v) is 8.50. The smallest absolute Gasteiger partial charge is 0.314 e. The van der Waals surface area contributed by atoms with Crippen molar-refractivity contribution in [3.05, 3.63) is 52.6 Å². The number of piperidine rings is 1. The highest BCUT2D eigenvalue weighted by Crippen LogP contribution is 2.36. The van der Waals surface area contributed by atoms with Gasteiger partial charge in [-0.3, -0.25) is 14.3 Å². The molecule has 1 aliphatic heterocycles. The summed E-state index contributed by atoms with van der Waals surface area (Å²) in [6.45, 7) is 7.00. The van der Waals surface area contributed by atoms with E-state index in [-0.39, 0.29) is 24.3 Å². The molecule has 1 aromatic heterocycles. The van der Waals surface area contributed by atoms with Crippen LogP contribution in [-0.2, 0) is 34.2 Å². The molecule has 1 fully saturated rings. The monoisotopic (exact) mass is 429 g/mol. The summed E-state index contributed by atoms with van der Waals surface area (Å²) in [6, 6.07) is 6.20. The van der Waals surface area contributed by atoms with Gasteiger partial charge in [0.05, 0.1) is 17.7 Å². The number of benzene rings is 1. The van der Waals surface area contributed by atoms with Crippen molar-refractivity contribution in [2.24, 2.45) is 12.5 Å². The van der Waals surface area contributed by atoms with E-state index in [0.717, 1.165) is 28.9 Å². The first-order valence-corrected chi connectivity index (χ1v) is 10.9. The fourth-order valence-corrected chi connectivity index (χ4v) is 4.57. The van der Waals surface area contributed by atoms with Gasteiger partial charge in [0.2, 0.25) is 5.91 Å². The molecule has 2 aromatic rings. The Bertz CT molecular complexity index is 938. The zero-order chi connectivity index (χ0) is 22.6. The summed E-state index contributed by atoms with van der Waals surface area (Å²) >= 11 is 0. The Morgan fingerprint density at radius 3 is 2.55 bits per heavy atom. The molecule has 1 atom stereocenters. The van der Waals surface area contributed by atoms with Crippen LogP contribution in [0.4, 0.5) is 4.39 Å². The lowest BCUT2D eigenvalue weighted by molar-refractivity contribution is -0.160. The fraction of sp³-hybridized carbons (Fsp3) is 0.542. The molecule has 0 bridgehead atoms. The minimum atomic E-state index is -0.804. The predicted octanol–water partition coefficient (Wildman–Crippen LogP) is 3.52. The van der Waals surface area contributed by atoms with Crippen LogP contribution < -0.4 is 0 Å². The zero-order valence-corrected chi connectivity index (χ0v) is 18.9. The number of hydrogen-bond donors (Lipinski definition) is 0. The van der Waals surface area contributed by atoms with Crippen LogP contribution in [0.3, 0.4) is 0 Å². The van der Waals surface area contributed by atoms with E-state index in [1.165, 1.54) is 12.1 Å². The highest BCUT2D eigenvalue weighted by molar-refractivity contribution is 5.81. The summed E-state index contributed by atoms with van der Waals surface area (Å²) < 4.78 is 20.6. The van der Waals surface area contributed by atoms with Crippen LogP contribution in [0.1, 0.15) is 48.7 Å². The summed E-state index contributed by atoms with van der Waals surface area (Å²) in [7, 11) is 1.90. The van der Waals surface area contributed by atoms with Crippen molar-refractivity contribution in [3.8, 4) is 0 Å². The number of ether oxygens (including phenoxy) is 1. The maximum atomic E-state index is 13.3. The molecule has 0 saturated carbocycles. The number of esters is 1. The van der Waals surface area contributed by atoms with Crippen molar-refractivity contribution in [2.45, 2.75) is 52.9 Å². The van der Waals surface area contributed by atoms with Gasteiger partial charge in [0.15, 0.2) is 0 Å². The number of aromatic nitrogens is 2. The Morgan fingerprint density at radius 2 is 1.94 bits per heavy atom. The number of amides is 1. The third-order valence-electron chi connectivity index (χ3n) is 6.34. The van der Waals surface area contributed by atoms with E-state index in [9.17, 15) is 14.0 Å². The average Bonchev–Trinajstić information content (AvgIpc) is 2.99. The Labute approximate surface area is 183 Å². The second-order valence-electron chi connectivity index (χ2n) is 8.50. The van der Waals surface area contributed by atoms with Gasteiger partial charge in [-0.25, -0.2) is 4.39 Å². The van der Waals surface area contributed by atoms with Gasteiger partial charge in [-0.15, -0.1) is 0 Å². The fourth-order valence-electron chi connectivity index (χ4n) is 4.57. The quantitative estimate of drug-likeness (QED) is 0.632. The minimum Gasteiger partial charge on any atom is -0.466 e. The largest absolute Gasteiger partial charge is 0.466 e.